The summed E-state index contributed by atoms with van der Waals surface area (Å²) < 4.78 is 1.12. The molecule has 1 saturated heterocycles. The first-order chi connectivity index (χ1) is 8.09. The Morgan fingerprint density at radius 3 is 2.88 bits per heavy atom. The van der Waals surface area contributed by atoms with E-state index in [9.17, 15) is 0 Å². The van der Waals surface area contributed by atoms with Crippen LogP contribution >= 0.6 is 27.5 Å². The lowest BCUT2D eigenvalue weighted by Crippen LogP contribution is -2.38. The predicted molar refractivity (Wildman–Crippen MR) is 77.7 cm³/mol. The number of nitrogens with one attached hydrogen (secondary N) is 1. The Balaban J connectivity index is 2.32. The van der Waals surface area contributed by atoms with E-state index in [0.717, 1.165) is 22.6 Å². The Bertz CT molecular complexity index is 392. The fourth-order valence-corrected chi connectivity index (χ4v) is 3.40. The molecule has 1 N–H and O–H groups in total. The molecule has 0 amide bonds. The molecule has 3 heteroatoms. The van der Waals surface area contributed by atoms with Crippen molar-refractivity contribution in [2.45, 2.75) is 26.2 Å². The van der Waals surface area contributed by atoms with Gasteiger partial charge in [-0.2, -0.15) is 0 Å². The zero-order valence-corrected chi connectivity index (χ0v) is 12.7. The molecule has 1 aromatic carbocycles. The van der Waals surface area contributed by atoms with Crippen LogP contribution in [0.4, 0.5) is 0 Å². The summed E-state index contributed by atoms with van der Waals surface area (Å²) in [4.78, 5) is 0. The van der Waals surface area contributed by atoms with E-state index in [1.54, 1.807) is 0 Å². The van der Waals surface area contributed by atoms with Crippen LogP contribution in [0.1, 0.15) is 31.7 Å². The Kier molecular flexibility index (Phi) is 4.51. The molecule has 1 aliphatic heterocycles. The van der Waals surface area contributed by atoms with Crippen molar-refractivity contribution in [2.75, 3.05) is 13.1 Å². The Morgan fingerprint density at radius 1 is 1.41 bits per heavy atom. The zero-order chi connectivity index (χ0) is 12.4. The number of halogens is 2. The molecule has 0 saturated carbocycles. The summed E-state index contributed by atoms with van der Waals surface area (Å²) >= 11 is 9.90. The van der Waals surface area contributed by atoms with Crippen LogP contribution in [0.3, 0.4) is 0 Å². The van der Waals surface area contributed by atoms with Crippen molar-refractivity contribution < 1.29 is 0 Å². The second kappa shape index (κ2) is 5.73. The maximum absolute atomic E-state index is 6.36. The molecule has 0 aliphatic carbocycles. The van der Waals surface area contributed by atoms with E-state index in [0.29, 0.717) is 17.8 Å². The fourth-order valence-electron chi connectivity index (χ4n) is 2.77. The van der Waals surface area contributed by atoms with E-state index >= 15 is 0 Å². The van der Waals surface area contributed by atoms with Crippen molar-refractivity contribution in [2.24, 2.45) is 11.8 Å². The van der Waals surface area contributed by atoms with Crippen molar-refractivity contribution >= 4 is 27.5 Å². The lowest BCUT2D eigenvalue weighted by atomic mass is 9.75. The third-order valence-electron chi connectivity index (χ3n) is 3.74. The van der Waals surface area contributed by atoms with Gasteiger partial charge in [-0.1, -0.05) is 41.4 Å². The van der Waals surface area contributed by atoms with Gasteiger partial charge in [0.15, 0.2) is 0 Å². The molecule has 0 bridgehead atoms. The lowest BCUT2D eigenvalue weighted by molar-refractivity contribution is 0.255. The van der Waals surface area contributed by atoms with Gasteiger partial charge in [0.2, 0.25) is 0 Å². The average Bonchev–Trinajstić information content (AvgIpc) is 2.32. The third kappa shape index (κ3) is 3.04. The summed E-state index contributed by atoms with van der Waals surface area (Å²) in [6.07, 6.45) is 1.18. The van der Waals surface area contributed by atoms with Crippen LogP contribution in [0, 0.1) is 11.8 Å². The lowest BCUT2D eigenvalue weighted by Gasteiger charge is -2.35. The standard InChI is InChI=1S/C14H19BrClN/c1-9(2)13-8-17-6-5-11(13)12-7-10(15)3-4-14(12)16/h3-4,7,9,11,13,17H,5-6,8H2,1-2H3. The van der Waals surface area contributed by atoms with E-state index in [1.807, 2.05) is 12.1 Å². The Hall–Kier alpha value is -0.0500. The van der Waals surface area contributed by atoms with Gasteiger partial charge in [0.1, 0.15) is 0 Å². The van der Waals surface area contributed by atoms with Gasteiger partial charge >= 0.3 is 0 Å². The molecule has 17 heavy (non-hydrogen) atoms. The van der Waals surface area contributed by atoms with Crippen LogP contribution in [-0.2, 0) is 0 Å². The van der Waals surface area contributed by atoms with Crippen molar-refractivity contribution in [3.8, 4) is 0 Å². The van der Waals surface area contributed by atoms with E-state index in [4.69, 9.17) is 11.6 Å². The highest BCUT2D eigenvalue weighted by Gasteiger charge is 2.29. The van der Waals surface area contributed by atoms with E-state index < -0.39 is 0 Å². The maximum atomic E-state index is 6.36. The molecule has 1 aliphatic rings. The molecule has 1 heterocycles. The summed E-state index contributed by atoms with van der Waals surface area (Å²) in [7, 11) is 0. The van der Waals surface area contributed by atoms with Gasteiger partial charge in [0, 0.05) is 9.50 Å². The van der Waals surface area contributed by atoms with Gasteiger partial charge in [-0.05, 0) is 61.0 Å². The van der Waals surface area contributed by atoms with E-state index in [2.05, 4.69) is 41.2 Å². The first kappa shape index (κ1) is 13.4. The topological polar surface area (TPSA) is 12.0 Å². The highest BCUT2D eigenvalue weighted by Crippen LogP contribution is 2.39. The van der Waals surface area contributed by atoms with Crippen molar-refractivity contribution in [3.05, 3.63) is 33.3 Å². The fraction of sp³-hybridized carbons (Fsp3) is 0.571. The SMILES string of the molecule is CC(C)C1CNCCC1c1cc(Br)ccc1Cl. The summed E-state index contributed by atoms with van der Waals surface area (Å²) in [6.45, 7) is 6.80. The molecule has 94 valence electrons. The van der Waals surface area contributed by atoms with Crippen LogP contribution in [0.25, 0.3) is 0 Å². The van der Waals surface area contributed by atoms with Gasteiger partial charge in [0.25, 0.3) is 0 Å². The quantitative estimate of drug-likeness (QED) is 0.850. The highest BCUT2D eigenvalue weighted by atomic mass is 79.9. The van der Waals surface area contributed by atoms with Gasteiger partial charge < -0.3 is 5.32 Å². The summed E-state index contributed by atoms with van der Waals surface area (Å²) in [5, 5.41) is 4.40. The third-order valence-corrected chi connectivity index (χ3v) is 4.58. The molecule has 0 radical (unpaired) electrons. The molecule has 1 aromatic rings. The largest absolute Gasteiger partial charge is 0.316 e. The average molecular weight is 317 g/mol. The molecule has 1 fully saturated rings. The second-order valence-corrected chi connectivity index (χ2v) is 6.50. The first-order valence-electron chi connectivity index (χ1n) is 6.25. The van der Waals surface area contributed by atoms with Gasteiger partial charge in [-0.3, -0.25) is 0 Å². The van der Waals surface area contributed by atoms with Crippen LogP contribution < -0.4 is 5.32 Å². The number of rotatable bonds is 2. The van der Waals surface area contributed by atoms with Crippen LogP contribution in [-0.4, -0.2) is 13.1 Å². The normalized spacial score (nSPS) is 25.2. The molecule has 0 spiro atoms. The van der Waals surface area contributed by atoms with E-state index in [-0.39, 0.29) is 0 Å². The van der Waals surface area contributed by atoms with Gasteiger partial charge in [-0.15, -0.1) is 0 Å². The van der Waals surface area contributed by atoms with Crippen LogP contribution in [0.15, 0.2) is 22.7 Å². The molecular formula is C14H19BrClN. The number of piperidine rings is 1. The first-order valence-corrected chi connectivity index (χ1v) is 7.42. The number of hydrogen-bond donors (Lipinski definition) is 1. The van der Waals surface area contributed by atoms with Gasteiger partial charge in [0.05, 0.1) is 0 Å². The minimum atomic E-state index is 0.584. The highest BCUT2D eigenvalue weighted by molar-refractivity contribution is 9.10. The maximum Gasteiger partial charge on any atom is 0.0441 e. The monoisotopic (exact) mass is 315 g/mol. The summed E-state index contributed by atoms with van der Waals surface area (Å²) in [6, 6.07) is 6.20. The smallest absolute Gasteiger partial charge is 0.0441 e. The summed E-state index contributed by atoms with van der Waals surface area (Å²) in [5.74, 6) is 1.94. The molecule has 0 aromatic heterocycles. The van der Waals surface area contributed by atoms with Crippen LogP contribution in [0.2, 0.25) is 5.02 Å². The van der Waals surface area contributed by atoms with Crippen LogP contribution in [0.5, 0.6) is 0 Å². The minimum absolute atomic E-state index is 0.584. The van der Waals surface area contributed by atoms with Crippen molar-refractivity contribution in [1.29, 1.82) is 0 Å². The van der Waals surface area contributed by atoms with E-state index in [1.165, 1.54) is 12.0 Å². The van der Waals surface area contributed by atoms with Crippen molar-refractivity contribution in [1.82, 2.24) is 5.32 Å². The summed E-state index contributed by atoms with van der Waals surface area (Å²) in [5.41, 5.74) is 1.31. The van der Waals surface area contributed by atoms with Gasteiger partial charge in [-0.25, -0.2) is 0 Å². The number of benzene rings is 1. The molecule has 2 unspecified atom stereocenters. The minimum Gasteiger partial charge on any atom is -0.316 e. The Morgan fingerprint density at radius 2 is 2.18 bits per heavy atom. The predicted octanol–water partition coefficient (Wildman–Crippen LogP) is 4.45. The van der Waals surface area contributed by atoms with Crippen molar-refractivity contribution in [3.63, 3.8) is 0 Å². The zero-order valence-electron chi connectivity index (χ0n) is 10.3. The second-order valence-electron chi connectivity index (χ2n) is 5.17. The molecule has 1 nitrogen and oxygen atoms in total. The Labute approximate surface area is 117 Å². The number of hydrogen-bond acceptors (Lipinski definition) is 1. The molecule has 2 atom stereocenters. The molecular weight excluding hydrogens is 298 g/mol. The molecule has 2 rings (SSSR count).